The second kappa shape index (κ2) is 8.34. The highest BCUT2D eigenvalue weighted by Crippen LogP contribution is 2.26. The summed E-state index contributed by atoms with van der Waals surface area (Å²) in [6, 6.07) is -0.587. The normalized spacial score (nSPS) is 26.7. The van der Waals surface area contributed by atoms with Gasteiger partial charge in [-0.05, 0) is 31.6 Å². The smallest absolute Gasteiger partial charge is 0.250 e. The quantitative estimate of drug-likeness (QED) is 0.636. The number of aliphatic hydroxyl groups excluding tert-OH is 1. The van der Waals surface area contributed by atoms with Crippen LogP contribution in [-0.4, -0.2) is 48.3 Å². The molecule has 1 saturated heterocycles. The Hall–Kier alpha value is -1.14. The highest BCUT2D eigenvalue weighted by molar-refractivity contribution is 5.89. The zero-order valence-corrected chi connectivity index (χ0v) is 13.4. The summed E-state index contributed by atoms with van der Waals surface area (Å²) in [5.74, 6) is -0.0577. The lowest BCUT2D eigenvalue weighted by Gasteiger charge is -2.23. The predicted molar refractivity (Wildman–Crippen MR) is 79.6 cm³/mol. The molecule has 1 rings (SSSR count). The highest BCUT2D eigenvalue weighted by Gasteiger charge is 2.36. The standard InChI is InChI=1S/C15H28N2O4/c1-9(2)7-12(14(19)16-5-6-18)17-15(20)13-10(3)8-11(4)21-13/h9-13,18H,5-8H2,1-4H3,(H,16,19)(H,17,20)/t10-,11+,12-,13+/m0/s1. The van der Waals surface area contributed by atoms with Crippen LogP contribution in [0.5, 0.6) is 0 Å². The number of carbonyl (C=O) groups excluding carboxylic acids is 2. The predicted octanol–water partition coefficient (Wildman–Crippen LogP) is 0.439. The molecule has 0 radical (unpaired) electrons. The van der Waals surface area contributed by atoms with Gasteiger partial charge in [0.1, 0.15) is 12.1 Å². The van der Waals surface area contributed by atoms with E-state index in [1.807, 2.05) is 27.7 Å². The van der Waals surface area contributed by atoms with Crippen molar-refractivity contribution in [2.24, 2.45) is 11.8 Å². The van der Waals surface area contributed by atoms with Gasteiger partial charge in [-0.2, -0.15) is 0 Å². The van der Waals surface area contributed by atoms with Gasteiger partial charge < -0.3 is 20.5 Å². The van der Waals surface area contributed by atoms with Gasteiger partial charge in [0, 0.05) is 6.54 Å². The Morgan fingerprint density at radius 1 is 1.33 bits per heavy atom. The summed E-state index contributed by atoms with van der Waals surface area (Å²) in [6.45, 7) is 8.00. The zero-order chi connectivity index (χ0) is 16.0. The number of nitrogens with one attached hydrogen (secondary N) is 2. The number of hydrogen-bond donors (Lipinski definition) is 3. The van der Waals surface area contributed by atoms with Crippen LogP contribution in [0, 0.1) is 11.8 Å². The molecule has 1 heterocycles. The monoisotopic (exact) mass is 300 g/mol. The molecular formula is C15H28N2O4. The molecule has 0 aromatic heterocycles. The molecule has 0 bridgehead atoms. The Labute approximate surface area is 126 Å². The van der Waals surface area contributed by atoms with Crippen molar-refractivity contribution in [2.75, 3.05) is 13.2 Å². The van der Waals surface area contributed by atoms with E-state index in [4.69, 9.17) is 9.84 Å². The Morgan fingerprint density at radius 3 is 2.48 bits per heavy atom. The van der Waals surface area contributed by atoms with Gasteiger partial charge in [0.15, 0.2) is 0 Å². The molecule has 1 aliphatic rings. The third-order valence-electron chi connectivity index (χ3n) is 3.61. The summed E-state index contributed by atoms with van der Waals surface area (Å²) in [5, 5.41) is 14.2. The number of aliphatic hydroxyl groups is 1. The van der Waals surface area contributed by atoms with E-state index in [9.17, 15) is 9.59 Å². The van der Waals surface area contributed by atoms with Gasteiger partial charge >= 0.3 is 0 Å². The summed E-state index contributed by atoms with van der Waals surface area (Å²) in [5.41, 5.74) is 0. The molecule has 6 heteroatoms. The molecule has 3 N–H and O–H groups in total. The minimum atomic E-state index is -0.587. The lowest BCUT2D eigenvalue weighted by Crippen LogP contribution is -2.51. The summed E-state index contributed by atoms with van der Waals surface area (Å²) < 4.78 is 5.62. The molecule has 0 saturated carbocycles. The topological polar surface area (TPSA) is 87.7 Å². The summed E-state index contributed by atoms with van der Waals surface area (Å²) >= 11 is 0. The summed E-state index contributed by atoms with van der Waals surface area (Å²) in [6.07, 6.45) is 0.992. The van der Waals surface area contributed by atoms with Crippen LogP contribution in [0.1, 0.15) is 40.5 Å². The van der Waals surface area contributed by atoms with Crippen LogP contribution >= 0.6 is 0 Å². The Balaban J connectivity index is 2.62. The van der Waals surface area contributed by atoms with Crippen molar-refractivity contribution in [3.63, 3.8) is 0 Å². The second-order valence-corrected chi connectivity index (χ2v) is 6.29. The van der Waals surface area contributed by atoms with Crippen LogP contribution in [-0.2, 0) is 14.3 Å². The van der Waals surface area contributed by atoms with Gasteiger partial charge in [0.05, 0.1) is 12.7 Å². The van der Waals surface area contributed by atoms with E-state index in [0.717, 1.165) is 6.42 Å². The fourth-order valence-corrected chi connectivity index (χ4v) is 2.67. The van der Waals surface area contributed by atoms with Gasteiger partial charge in [-0.1, -0.05) is 20.8 Å². The number of amides is 2. The maximum Gasteiger partial charge on any atom is 0.250 e. The Bertz CT molecular complexity index is 360. The van der Waals surface area contributed by atoms with Crippen LogP contribution < -0.4 is 10.6 Å². The molecule has 4 atom stereocenters. The molecule has 6 nitrogen and oxygen atoms in total. The number of carbonyl (C=O) groups is 2. The van der Waals surface area contributed by atoms with Crippen molar-refractivity contribution >= 4 is 11.8 Å². The van der Waals surface area contributed by atoms with Crippen LogP contribution in [0.25, 0.3) is 0 Å². The number of ether oxygens (including phenoxy) is 1. The van der Waals surface area contributed by atoms with Crippen molar-refractivity contribution in [3.05, 3.63) is 0 Å². The number of rotatable bonds is 7. The molecule has 0 aromatic carbocycles. The minimum Gasteiger partial charge on any atom is -0.395 e. The van der Waals surface area contributed by atoms with Crippen LogP contribution in [0.2, 0.25) is 0 Å². The molecule has 122 valence electrons. The fraction of sp³-hybridized carbons (Fsp3) is 0.867. The molecule has 1 fully saturated rings. The van der Waals surface area contributed by atoms with Gasteiger partial charge in [0.25, 0.3) is 0 Å². The van der Waals surface area contributed by atoms with Crippen molar-refractivity contribution in [3.8, 4) is 0 Å². The Morgan fingerprint density at radius 2 is 2.00 bits per heavy atom. The maximum atomic E-state index is 12.3. The SMILES string of the molecule is CC(C)C[C@H](NC(=O)[C@@H]1O[C@H](C)C[C@@H]1C)C(=O)NCCO. The lowest BCUT2D eigenvalue weighted by molar-refractivity contribution is -0.137. The van der Waals surface area contributed by atoms with E-state index in [2.05, 4.69) is 10.6 Å². The van der Waals surface area contributed by atoms with Crippen molar-refractivity contribution < 1.29 is 19.4 Å². The van der Waals surface area contributed by atoms with E-state index in [1.54, 1.807) is 0 Å². The first-order valence-electron chi connectivity index (χ1n) is 7.69. The minimum absolute atomic E-state index is 0.0718. The first-order valence-corrected chi connectivity index (χ1v) is 7.69. The largest absolute Gasteiger partial charge is 0.395 e. The van der Waals surface area contributed by atoms with Crippen LogP contribution in [0.4, 0.5) is 0 Å². The molecule has 21 heavy (non-hydrogen) atoms. The average Bonchev–Trinajstić information content (AvgIpc) is 2.73. The van der Waals surface area contributed by atoms with Crippen molar-refractivity contribution in [1.82, 2.24) is 10.6 Å². The molecule has 0 aromatic rings. The zero-order valence-electron chi connectivity index (χ0n) is 13.4. The van der Waals surface area contributed by atoms with Gasteiger partial charge in [0.2, 0.25) is 11.8 Å². The highest BCUT2D eigenvalue weighted by atomic mass is 16.5. The average molecular weight is 300 g/mol. The molecule has 0 aliphatic carbocycles. The third-order valence-corrected chi connectivity index (χ3v) is 3.61. The van der Waals surface area contributed by atoms with Crippen molar-refractivity contribution in [1.29, 1.82) is 0 Å². The third kappa shape index (κ3) is 5.63. The van der Waals surface area contributed by atoms with Gasteiger partial charge in [-0.15, -0.1) is 0 Å². The van der Waals surface area contributed by atoms with E-state index >= 15 is 0 Å². The molecule has 0 unspecified atom stereocenters. The van der Waals surface area contributed by atoms with Gasteiger partial charge in [-0.25, -0.2) is 0 Å². The number of hydrogen-bond acceptors (Lipinski definition) is 4. The molecular weight excluding hydrogens is 272 g/mol. The first kappa shape index (κ1) is 17.9. The van der Waals surface area contributed by atoms with Crippen LogP contribution in [0.3, 0.4) is 0 Å². The van der Waals surface area contributed by atoms with Crippen LogP contribution in [0.15, 0.2) is 0 Å². The van der Waals surface area contributed by atoms with E-state index in [-0.39, 0.29) is 42.9 Å². The molecule has 1 aliphatic heterocycles. The van der Waals surface area contributed by atoms with E-state index < -0.39 is 12.1 Å². The molecule has 0 spiro atoms. The van der Waals surface area contributed by atoms with E-state index in [1.165, 1.54) is 0 Å². The Kier molecular flexibility index (Phi) is 7.11. The summed E-state index contributed by atoms with van der Waals surface area (Å²) in [4.78, 5) is 24.4. The van der Waals surface area contributed by atoms with E-state index in [0.29, 0.717) is 6.42 Å². The van der Waals surface area contributed by atoms with Gasteiger partial charge in [-0.3, -0.25) is 9.59 Å². The summed E-state index contributed by atoms with van der Waals surface area (Å²) in [7, 11) is 0. The second-order valence-electron chi connectivity index (χ2n) is 6.29. The maximum absolute atomic E-state index is 12.3. The lowest BCUT2D eigenvalue weighted by atomic mass is 9.99. The first-order chi connectivity index (χ1) is 9.85. The molecule has 2 amide bonds. The van der Waals surface area contributed by atoms with Crippen molar-refractivity contribution in [2.45, 2.75) is 58.8 Å². The fourth-order valence-electron chi connectivity index (χ4n) is 2.67.